The fourth-order valence-electron chi connectivity index (χ4n) is 3.94. The summed E-state index contributed by atoms with van der Waals surface area (Å²) in [7, 11) is 0. The third-order valence-electron chi connectivity index (χ3n) is 5.63. The molecular weight excluding hydrogens is 451 g/mol. The summed E-state index contributed by atoms with van der Waals surface area (Å²) >= 11 is 0. The summed E-state index contributed by atoms with van der Waals surface area (Å²) in [4.78, 5) is 6.93. The van der Waals surface area contributed by atoms with Gasteiger partial charge < -0.3 is 16.2 Å². The van der Waals surface area contributed by atoms with Crippen molar-refractivity contribution in [1.82, 2.24) is 10.2 Å². The third-order valence-corrected chi connectivity index (χ3v) is 5.63. The first-order valence-electron chi connectivity index (χ1n) is 10.2. The Balaban J connectivity index is 0.00000261. The number of nitrogens with one attached hydrogen (secondary N) is 1. The van der Waals surface area contributed by atoms with Gasteiger partial charge >= 0.3 is 0 Å². The highest BCUT2D eigenvalue weighted by molar-refractivity contribution is 14.0. The molecule has 1 saturated carbocycles. The molecule has 1 aromatic rings. The second kappa shape index (κ2) is 11.9. The van der Waals surface area contributed by atoms with Crippen LogP contribution >= 0.6 is 24.0 Å². The lowest BCUT2D eigenvalue weighted by Crippen LogP contribution is -2.39. The highest BCUT2D eigenvalue weighted by Crippen LogP contribution is 2.17. The molecule has 1 aliphatic heterocycles. The van der Waals surface area contributed by atoms with E-state index >= 15 is 0 Å². The van der Waals surface area contributed by atoms with Gasteiger partial charge in [-0.05, 0) is 36.8 Å². The minimum absolute atomic E-state index is 0. The van der Waals surface area contributed by atoms with E-state index in [1.807, 2.05) is 0 Å². The van der Waals surface area contributed by atoms with Crippen LogP contribution in [0.3, 0.4) is 0 Å². The number of nitrogens with two attached hydrogens (primary N) is 1. The SMILES string of the molecule is I.NC(=NCc1ccc(CN2CCC(O)CC2)cc1)NC1CCCCCC1. The van der Waals surface area contributed by atoms with E-state index in [-0.39, 0.29) is 30.1 Å². The molecule has 4 N–H and O–H groups in total. The molecule has 2 aliphatic rings. The maximum absolute atomic E-state index is 9.60. The molecular formula is C21H35IN4O. The molecule has 152 valence electrons. The van der Waals surface area contributed by atoms with E-state index < -0.39 is 0 Å². The van der Waals surface area contributed by atoms with E-state index in [9.17, 15) is 5.11 Å². The Morgan fingerprint density at radius 2 is 1.59 bits per heavy atom. The lowest BCUT2D eigenvalue weighted by molar-refractivity contribution is 0.0792. The van der Waals surface area contributed by atoms with E-state index in [1.54, 1.807) is 0 Å². The zero-order chi connectivity index (χ0) is 18.2. The predicted octanol–water partition coefficient (Wildman–Crippen LogP) is 3.39. The molecule has 27 heavy (non-hydrogen) atoms. The van der Waals surface area contributed by atoms with Crippen molar-refractivity contribution in [2.45, 2.75) is 76.6 Å². The van der Waals surface area contributed by atoms with Crippen molar-refractivity contribution in [2.24, 2.45) is 10.7 Å². The van der Waals surface area contributed by atoms with Crippen molar-refractivity contribution >= 4 is 29.9 Å². The Bertz CT molecular complexity index is 562. The molecule has 3 rings (SSSR count). The zero-order valence-electron chi connectivity index (χ0n) is 16.3. The van der Waals surface area contributed by atoms with Crippen molar-refractivity contribution in [3.63, 3.8) is 0 Å². The van der Waals surface area contributed by atoms with Gasteiger partial charge in [-0.1, -0.05) is 49.9 Å². The van der Waals surface area contributed by atoms with Gasteiger partial charge in [-0.25, -0.2) is 4.99 Å². The molecule has 2 fully saturated rings. The second-order valence-corrected chi connectivity index (χ2v) is 7.86. The first-order chi connectivity index (χ1) is 12.7. The zero-order valence-corrected chi connectivity index (χ0v) is 18.6. The number of aliphatic hydroxyl groups is 1. The fraction of sp³-hybridized carbons (Fsp3) is 0.667. The van der Waals surface area contributed by atoms with Crippen molar-refractivity contribution in [2.75, 3.05) is 13.1 Å². The highest BCUT2D eigenvalue weighted by atomic mass is 127. The smallest absolute Gasteiger partial charge is 0.189 e. The molecule has 0 unspecified atom stereocenters. The first-order valence-corrected chi connectivity index (χ1v) is 10.2. The number of hydrogen-bond acceptors (Lipinski definition) is 3. The number of likely N-dealkylation sites (tertiary alicyclic amines) is 1. The summed E-state index contributed by atoms with van der Waals surface area (Å²) < 4.78 is 0. The third kappa shape index (κ3) is 7.95. The van der Waals surface area contributed by atoms with Gasteiger partial charge in [-0.15, -0.1) is 24.0 Å². The Morgan fingerprint density at radius 3 is 2.22 bits per heavy atom. The Kier molecular flexibility index (Phi) is 9.86. The van der Waals surface area contributed by atoms with E-state index in [4.69, 9.17) is 5.73 Å². The minimum atomic E-state index is -0.108. The minimum Gasteiger partial charge on any atom is -0.393 e. The molecule has 0 radical (unpaired) electrons. The molecule has 1 aliphatic carbocycles. The number of aliphatic imine (C=N–C) groups is 1. The molecule has 0 bridgehead atoms. The summed E-state index contributed by atoms with van der Waals surface area (Å²) in [5.74, 6) is 0.577. The van der Waals surface area contributed by atoms with Crippen LogP contribution in [0.4, 0.5) is 0 Å². The van der Waals surface area contributed by atoms with Crippen LogP contribution in [0.5, 0.6) is 0 Å². The summed E-state index contributed by atoms with van der Waals surface area (Å²) in [6.07, 6.45) is 9.37. The van der Waals surface area contributed by atoms with Crippen molar-refractivity contribution in [3.05, 3.63) is 35.4 Å². The van der Waals surface area contributed by atoms with Gasteiger partial charge in [0.25, 0.3) is 0 Å². The van der Waals surface area contributed by atoms with E-state index in [2.05, 4.69) is 39.5 Å². The van der Waals surface area contributed by atoms with Crippen LogP contribution in [0.15, 0.2) is 29.3 Å². The van der Waals surface area contributed by atoms with Gasteiger partial charge in [0.15, 0.2) is 5.96 Å². The topological polar surface area (TPSA) is 73.9 Å². The van der Waals surface area contributed by atoms with Crippen LogP contribution < -0.4 is 11.1 Å². The maximum atomic E-state index is 9.60. The molecule has 0 atom stereocenters. The van der Waals surface area contributed by atoms with Crippen LogP contribution in [-0.4, -0.2) is 41.2 Å². The molecule has 6 heteroatoms. The number of piperidine rings is 1. The fourth-order valence-corrected chi connectivity index (χ4v) is 3.94. The number of nitrogens with zero attached hydrogens (tertiary/aromatic N) is 2. The Morgan fingerprint density at radius 1 is 1.00 bits per heavy atom. The predicted molar refractivity (Wildman–Crippen MR) is 122 cm³/mol. The van der Waals surface area contributed by atoms with Crippen LogP contribution in [-0.2, 0) is 13.1 Å². The number of rotatable bonds is 5. The van der Waals surface area contributed by atoms with E-state index in [0.29, 0.717) is 18.5 Å². The average Bonchev–Trinajstić information content (AvgIpc) is 2.92. The quantitative estimate of drug-likeness (QED) is 0.258. The summed E-state index contributed by atoms with van der Waals surface area (Å²) in [6.45, 7) is 3.55. The van der Waals surface area contributed by atoms with Gasteiger partial charge in [0.2, 0.25) is 0 Å². The molecule has 1 heterocycles. The average molecular weight is 486 g/mol. The second-order valence-electron chi connectivity index (χ2n) is 7.86. The lowest BCUT2D eigenvalue weighted by atomic mass is 10.1. The standard InChI is InChI=1S/C21H34N4O.HI/c22-21(24-19-5-3-1-2-4-6-19)23-15-17-7-9-18(10-8-17)16-25-13-11-20(26)12-14-25;/h7-10,19-20,26H,1-6,11-16H2,(H3,22,23,24);1H. The van der Waals surface area contributed by atoms with E-state index in [0.717, 1.165) is 32.5 Å². The normalized spacial score (nSPS) is 20.7. The molecule has 0 spiro atoms. The summed E-state index contributed by atoms with van der Waals surface area (Å²) in [6, 6.07) is 9.16. The van der Waals surface area contributed by atoms with Crippen molar-refractivity contribution < 1.29 is 5.11 Å². The maximum Gasteiger partial charge on any atom is 0.189 e. The van der Waals surface area contributed by atoms with Crippen LogP contribution in [0, 0.1) is 0 Å². The van der Waals surface area contributed by atoms with Crippen LogP contribution in [0.25, 0.3) is 0 Å². The molecule has 5 nitrogen and oxygen atoms in total. The molecule has 1 saturated heterocycles. The number of benzene rings is 1. The number of halogens is 1. The number of guanidine groups is 1. The number of hydrogen-bond donors (Lipinski definition) is 3. The molecule has 1 aromatic carbocycles. The van der Waals surface area contributed by atoms with E-state index in [1.165, 1.54) is 49.7 Å². The van der Waals surface area contributed by atoms with Gasteiger partial charge in [-0.2, -0.15) is 0 Å². The van der Waals surface area contributed by atoms with Crippen molar-refractivity contribution in [1.29, 1.82) is 0 Å². The highest BCUT2D eigenvalue weighted by Gasteiger charge is 2.16. The largest absolute Gasteiger partial charge is 0.393 e. The lowest BCUT2D eigenvalue weighted by Gasteiger charge is -2.29. The monoisotopic (exact) mass is 486 g/mol. The van der Waals surface area contributed by atoms with Crippen LogP contribution in [0.2, 0.25) is 0 Å². The van der Waals surface area contributed by atoms with Gasteiger partial charge in [0.1, 0.15) is 0 Å². The first kappa shape index (κ1) is 22.4. The van der Waals surface area contributed by atoms with Crippen molar-refractivity contribution in [3.8, 4) is 0 Å². The molecule has 0 amide bonds. The van der Waals surface area contributed by atoms with Crippen LogP contribution in [0.1, 0.15) is 62.5 Å². The van der Waals surface area contributed by atoms with Gasteiger partial charge in [0, 0.05) is 25.7 Å². The van der Waals surface area contributed by atoms with Gasteiger partial charge in [-0.3, -0.25) is 4.90 Å². The Labute approximate surface area is 180 Å². The Hall–Kier alpha value is -0.860. The van der Waals surface area contributed by atoms with Gasteiger partial charge in [0.05, 0.1) is 12.6 Å². The number of aliphatic hydroxyl groups excluding tert-OH is 1. The summed E-state index contributed by atoms with van der Waals surface area (Å²) in [5, 5.41) is 13.0. The summed E-state index contributed by atoms with van der Waals surface area (Å²) in [5.41, 5.74) is 8.59. The molecule has 0 aromatic heterocycles.